The van der Waals surface area contributed by atoms with Crippen molar-refractivity contribution in [3.63, 3.8) is 0 Å². The van der Waals surface area contributed by atoms with Crippen LogP contribution in [0.25, 0.3) is 0 Å². The molecule has 2 saturated heterocycles. The Hall–Kier alpha value is -3.03. The van der Waals surface area contributed by atoms with Crippen molar-refractivity contribution in [2.24, 2.45) is 23.2 Å². The predicted molar refractivity (Wildman–Crippen MR) is 112 cm³/mol. The van der Waals surface area contributed by atoms with E-state index >= 15 is 0 Å². The van der Waals surface area contributed by atoms with Crippen LogP contribution in [0.4, 0.5) is 13.2 Å². The average molecular weight is 477 g/mol. The van der Waals surface area contributed by atoms with Crippen molar-refractivity contribution in [3.8, 4) is 6.07 Å². The van der Waals surface area contributed by atoms with Gasteiger partial charge in [0.25, 0.3) is 5.91 Å². The Balaban J connectivity index is 1.30. The Morgan fingerprint density at radius 2 is 2.03 bits per heavy atom. The van der Waals surface area contributed by atoms with Crippen molar-refractivity contribution < 1.29 is 27.6 Å². The molecular weight excluding hydrogens is 451 g/mol. The van der Waals surface area contributed by atoms with Gasteiger partial charge in [0.05, 0.1) is 6.07 Å². The third-order valence-electron chi connectivity index (χ3n) is 8.20. The zero-order chi connectivity index (χ0) is 24.6. The fraction of sp³-hybridized carbons (Fsp3) is 0.652. The molecule has 5 atom stereocenters. The first kappa shape index (κ1) is 22.7. The van der Waals surface area contributed by atoms with Crippen molar-refractivity contribution in [1.29, 1.82) is 5.26 Å². The number of likely N-dealkylation sites (tertiary alicyclic amines) is 1. The zero-order valence-electron chi connectivity index (χ0n) is 18.8. The summed E-state index contributed by atoms with van der Waals surface area (Å²) in [5.41, 5.74) is -1.61. The molecule has 0 bridgehead atoms. The van der Waals surface area contributed by atoms with Gasteiger partial charge in [0, 0.05) is 18.0 Å². The van der Waals surface area contributed by atoms with E-state index in [-0.39, 0.29) is 53.3 Å². The van der Waals surface area contributed by atoms with E-state index < -0.39 is 35.8 Å². The van der Waals surface area contributed by atoms with E-state index in [4.69, 9.17) is 0 Å². The van der Waals surface area contributed by atoms with Crippen LogP contribution in [0.1, 0.15) is 55.7 Å². The number of aromatic nitrogens is 1. The summed E-state index contributed by atoms with van der Waals surface area (Å²) >= 11 is 0. The van der Waals surface area contributed by atoms with Gasteiger partial charge in [-0.2, -0.15) is 18.4 Å². The molecule has 3 N–H and O–H groups in total. The smallest absolute Gasteiger partial charge is 0.350 e. The number of hydrogen-bond donors (Lipinski definition) is 3. The highest BCUT2D eigenvalue weighted by Crippen LogP contribution is 2.65. The van der Waals surface area contributed by atoms with Crippen LogP contribution in [-0.2, 0) is 15.8 Å². The van der Waals surface area contributed by atoms with Crippen molar-refractivity contribution in [2.45, 2.75) is 63.3 Å². The summed E-state index contributed by atoms with van der Waals surface area (Å²) in [5.74, 6) is -1.78. The lowest BCUT2D eigenvalue weighted by Crippen LogP contribution is -2.52. The lowest BCUT2D eigenvalue weighted by molar-refractivity contribution is -0.140. The maximum Gasteiger partial charge on any atom is 0.431 e. The minimum absolute atomic E-state index is 0.0418. The highest BCUT2D eigenvalue weighted by atomic mass is 19.4. The van der Waals surface area contributed by atoms with E-state index in [0.29, 0.717) is 6.42 Å². The van der Waals surface area contributed by atoms with Crippen LogP contribution in [0.5, 0.6) is 0 Å². The normalized spacial score (nSPS) is 30.9. The summed E-state index contributed by atoms with van der Waals surface area (Å²) in [6.45, 7) is 4.22. The monoisotopic (exact) mass is 477 g/mol. The fourth-order valence-corrected chi connectivity index (χ4v) is 5.97. The van der Waals surface area contributed by atoms with Crippen LogP contribution in [0.15, 0.2) is 12.1 Å². The number of fused-ring (bicyclic) bond motifs is 1. The van der Waals surface area contributed by atoms with Crippen molar-refractivity contribution in [3.05, 3.63) is 23.5 Å². The molecule has 4 fully saturated rings. The lowest BCUT2D eigenvalue weighted by Gasteiger charge is -2.30. The number of nitriles is 1. The maximum absolute atomic E-state index is 13.3. The van der Waals surface area contributed by atoms with Gasteiger partial charge in [-0.15, -0.1) is 0 Å². The van der Waals surface area contributed by atoms with E-state index in [0.717, 1.165) is 25.0 Å². The van der Waals surface area contributed by atoms with Crippen molar-refractivity contribution in [2.75, 3.05) is 6.54 Å². The van der Waals surface area contributed by atoms with E-state index in [9.17, 15) is 32.8 Å². The van der Waals surface area contributed by atoms with Crippen LogP contribution in [0, 0.1) is 34.5 Å². The van der Waals surface area contributed by atoms with Gasteiger partial charge < -0.3 is 20.5 Å². The highest BCUT2D eigenvalue weighted by Gasteiger charge is 2.69. The van der Waals surface area contributed by atoms with Crippen LogP contribution >= 0.6 is 0 Å². The molecule has 1 aromatic rings. The van der Waals surface area contributed by atoms with Crippen molar-refractivity contribution in [1.82, 2.24) is 20.5 Å². The molecule has 2 saturated carbocycles. The molecule has 11 heteroatoms. The third-order valence-corrected chi connectivity index (χ3v) is 8.20. The minimum atomic E-state index is -4.62. The van der Waals surface area contributed by atoms with Gasteiger partial charge >= 0.3 is 6.18 Å². The Bertz CT molecular complexity index is 1100. The molecule has 1 aromatic heterocycles. The first-order valence-electron chi connectivity index (χ1n) is 11.5. The summed E-state index contributed by atoms with van der Waals surface area (Å²) in [7, 11) is 0. The standard InChI is InChI=1S/C23H26F3N5O3/c1-21(2)13-10-31(20(34)14-3-4-15(29-14)23(24,25)26)17(16(13)21)19(33)28-12(9-27)7-11-8-22(5-6-22)30-18(11)32/h3-4,11-13,16-17,29H,5-8,10H2,1-2H3,(H,28,33)(H,30,32). The molecule has 3 heterocycles. The third kappa shape index (κ3) is 3.63. The molecule has 1 spiro atoms. The lowest BCUT2D eigenvalue weighted by atomic mass is 9.95. The highest BCUT2D eigenvalue weighted by molar-refractivity contribution is 5.97. The number of halogens is 3. The summed E-state index contributed by atoms with van der Waals surface area (Å²) in [5, 5.41) is 15.3. The number of rotatable bonds is 5. The Kier molecular flexibility index (Phi) is 4.84. The molecule has 34 heavy (non-hydrogen) atoms. The van der Waals surface area contributed by atoms with Gasteiger partial charge in [-0.25, -0.2) is 0 Å². The first-order chi connectivity index (χ1) is 15.9. The number of piperidine rings is 1. The Morgan fingerprint density at radius 1 is 1.32 bits per heavy atom. The van der Waals surface area contributed by atoms with E-state index in [1.165, 1.54) is 4.90 Å². The number of carbonyl (C=O) groups is 3. The quantitative estimate of drug-likeness (QED) is 0.603. The molecule has 2 aliphatic heterocycles. The molecular formula is C23H26F3N5O3. The van der Waals surface area contributed by atoms with Gasteiger partial charge in [0.15, 0.2) is 0 Å². The van der Waals surface area contributed by atoms with E-state index in [1.807, 2.05) is 19.9 Å². The van der Waals surface area contributed by atoms with Gasteiger partial charge in [-0.3, -0.25) is 14.4 Å². The largest absolute Gasteiger partial charge is 0.431 e. The van der Waals surface area contributed by atoms with Crippen LogP contribution in [-0.4, -0.2) is 51.8 Å². The van der Waals surface area contributed by atoms with Crippen molar-refractivity contribution >= 4 is 17.7 Å². The van der Waals surface area contributed by atoms with Gasteiger partial charge in [-0.1, -0.05) is 13.8 Å². The van der Waals surface area contributed by atoms with E-state index in [2.05, 4.69) is 15.6 Å². The second kappa shape index (κ2) is 7.23. The second-order valence-corrected chi connectivity index (χ2v) is 10.7. The predicted octanol–water partition coefficient (Wildman–Crippen LogP) is 2.20. The topological polar surface area (TPSA) is 118 Å². The molecule has 2 aliphatic carbocycles. The second-order valence-electron chi connectivity index (χ2n) is 10.7. The molecule has 5 rings (SSSR count). The molecule has 182 valence electrons. The number of nitrogens with one attached hydrogen (secondary N) is 3. The fourth-order valence-electron chi connectivity index (χ4n) is 5.97. The number of amides is 3. The van der Waals surface area contributed by atoms with Crippen LogP contribution in [0.2, 0.25) is 0 Å². The Labute approximate surface area is 194 Å². The summed E-state index contributed by atoms with van der Waals surface area (Å²) < 4.78 is 38.9. The molecule has 0 aromatic carbocycles. The van der Waals surface area contributed by atoms with Crippen LogP contribution < -0.4 is 10.6 Å². The van der Waals surface area contributed by atoms with Gasteiger partial charge in [0.2, 0.25) is 11.8 Å². The number of aromatic amines is 1. The van der Waals surface area contributed by atoms with Gasteiger partial charge in [0.1, 0.15) is 23.5 Å². The number of alkyl halides is 3. The number of nitrogens with zero attached hydrogens (tertiary/aromatic N) is 2. The summed E-state index contributed by atoms with van der Waals surface area (Å²) in [6, 6.07) is 2.12. The SMILES string of the molecule is CC1(C)C2CN(C(=O)c3ccc(C(F)(F)F)[nH]3)C(C(=O)NC(C#N)CC3CC4(CC4)NC3=O)C21. The van der Waals surface area contributed by atoms with Gasteiger partial charge in [-0.05, 0) is 55.1 Å². The maximum atomic E-state index is 13.3. The van der Waals surface area contributed by atoms with Crippen LogP contribution in [0.3, 0.4) is 0 Å². The molecule has 5 unspecified atom stereocenters. The zero-order valence-corrected chi connectivity index (χ0v) is 18.8. The molecule has 3 amide bonds. The van der Waals surface area contributed by atoms with E-state index in [1.54, 1.807) is 0 Å². The molecule has 4 aliphatic rings. The number of H-pyrrole nitrogens is 1. The number of carbonyl (C=O) groups excluding carboxylic acids is 3. The Morgan fingerprint density at radius 3 is 2.59 bits per heavy atom. The minimum Gasteiger partial charge on any atom is -0.350 e. The first-order valence-corrected chi connectivity index (χ1v) is 11.5. The average Bonchev–Trinajstić information content (AvgIpc) is 3.33. The molecule has 0 radical (unpaired) electrons. The summed E-state index contributed by atoms with van der Waals surface area (Å²) in [6.07, 6.45) is -1.95. The molecule has 8 nitrogen and oxygen atoms in total. The summed E-state index contributed by atoms with van der Waals surface area (Å²) in [4.78, 5) is 42.0. The number of hydrogen-bond acceptors (Lipinski definition) is 4.